The monoisotopic (exact) mass is 436 g/mol. The Morgan fingerprint density at radius 3 is 2.19 bits per heavy atom. The normalized spacial score (nSPS) is 13.1. The fourth-order valence-corrected chi connectivity index (χ4v) is 3.73. The first kappa shape index (κ1) is 22.9. The number of hydrogen-bond donors (Lipinski definition) is 3. The highest BCUT2D eigenvalue weighted by atomic mass is 16.6. The van der Waals surface area contributed by atoms with Gasteiger partial charge in [-0.3, -0.25) is 25.0 Å². The number of carboxylic acids is 2. The van der Waals surface area contributed by atoms with Gasteiger partial charge in [-0.25, -0.2) is 0 Å². The summed E-state index contributed by atoms with van der Waals surface area (Å²) in [6, 6.07) is 14.5. The van der Waals surface area contributed by atoms with Crippen LogP contribution in [0.4, 0.5) is 5.69 Å². The number of nitrogens with one attached hydrogen (secondary N) is 1. The van der Waals surface area contributed by atoms with Gasteiger partial charge in [-0.2, -0.15) is 0 Å². The molecule has 32 heavy (non-hydrogen) atoms. The van der Waals surface area contributed by atoms with Gasteiger partial charge in [0, 0.05) is 12.1 Å². The van der Waals surface area contributed by atoms with Crippen LogP contribution in [-0.4, -0.2) is 33.1 Å². The van der Waals surface area contributed by atoms with Crippen LogP contribution in [0.3, 0.4) is 0 Å². The zero-order valence-electron chi connectivity index (χ0n) is 17.7. The maximum Gasteiger partial charge on any atom is 0.325 e. The van der Waals surface area contributed by atoms with Gasteiger partial charge in [0.05, 0.1) is 4.92 Å². The van der Waals surface area contributed by atoms with E-state index >= 15 is 0 Å². The maximum absolute atomic E-state index is 12.2. The Balaban J connectivity index is 2.13. The van der Waals surface area contributed by atoms with Crippen LogP contribution in [0.5, 0.6) is 0 Å². The first-order valence-corrected chi connectivity index (χ1v) is 10.2. The van der Waals surface area contributed by atoms with Crippen molar-refractivity contribution in [1.29, 1.82) is 0 Å². The summed E-state index contributed by atoms with van der Waals surface area (Å²) in [6.45, 7) is 3.75. The van der Waals surface area contributed by atoms with E-state index in [-0.39, 0.29) is 18.0 Å². The summed E-state index contributed by atoms with van der Waals surface area (Å²) < 4.78 is 0. The number of nitro groups is 1. The second-order valence-electron chi connectivity index (χ2n) is 8.05. The average Bonchev–Trinajstić information content (AvgIpc) is 2.75. The molecule has 0 heterocycles. The molecule has 0 saturated carbocycles. The lowest BCUT2D eigenvalue weighted by Crippen LogP contribution is -2.43. The molecule has 0 amide bonds. The number of nitro benzene ring substituents is 1. The Kier molecular flexibility index (Phi) is 6.85. The number of hydrogen-bond acceptors (Lipinski definition) is 5. The minimum Gasteiger partial charge on any atom is -0.480 e. The molecule has 3 aromatic carbocycles. The van der Waals surface area contributed by atoms with E-state index in [2.05, 4.69) is 5.32 Å². The highest BCUT2D eigenvalue weighted by Gasteiger charge is 2.29. The third kappa shape index (κ3) is 5.09. The Morgan fingerprint density at radius 2 is 1.62 bits per heavy atom. The molecule has 8 heteroatoms. The zero-order chi connectivity index (χ0) is 23.4. The Bertz CT molecular complexity index is 1160. The Labute approximate surface area is 184 Å². The van der Waals surface area contributed by atoms with Crippen LogP contribution in [0.2, 0.25) is 0 Å². The molecule has 2 unspecified atom stereocenters. The summed E-state index contributed by atoms with van der Waals surface area (Å²) >= 11 is 0. The lowest BCUT2D eigenvalue weighted by Gasteiger charge is -2.23. The van der Waals surface area contributed by atoms with Gasteiger partial charge in [-0.1, -0.05) is 38.1 Å². The van der Waals surface area contributed by atoms with Gasteiger partial charge in [0.2, 0.25) is 0 Å². The second-order valence-corrected chi connectivity index (χ2v) is 8.05. The number of rotatable bonds is 9. The standard InChI is InChI=1S/C24H24N2O6/c1-14(2)11-21(23(27)28)25-22(24(29)30)20-13-17(12-16-5-3-4-6-19(16)20)15-7-9-18(10-8-15)26(31)32/h3-10,12-14,21-22,25H,11H2,1-2H3,(H,27,28)(H,29,30). The number of fused-ring (bicyclic) bond motifs is 1. The fourth-order valence-electron chi connectivity index (χ4n) is 3.73. The van der Waals surface area contributed by atoms with E-state index in [1.54, 1.807) is 30.3 Å². The summed E-state index contributed by atoms with van der Waals surface area (Å²) in [4.78, 5) is 34.5. The summed E-state index contributed by atoms with van der Waals surface area (Å²) in [6.07, 6.45) is 0.277. The molecule has 3 aromatic rings. The maximum atomic E-state index is 12.2. The van der Waals surface area contributed by atoms with Crippen molar-refractivity contribution >= 4 is 28.4 Å². The average molecular weight is 436 g/mol. The molecule has 2 atom stereocenters. The molecule has 0 saturated heterocycles. The third-order valence-corrected chi connectivity index (χ3v) is 5.24. The molecule has 166 valence electrons. The van der Waals surface area contributed by atoms with E-state index in [9.17, 15) is 29.9 Å². The van der Waals surface area contributed by atoms with E-state index in [0.717, 1.165) is 5.39 Å². The highest BCUT2D eigenvalue weighted by Crippen LogP contribution is 2.32. The van der Waals surface area contributed by atoms with E-state index in [1.165, 1.54) is 12.1 Å². The largest absolute Gasteiger partial charge is 0.480 e. The third-order valence-electron chi connectivity index (χ3n) is 5.24. The molecule has 0 aliphatic rings. The van der Waals surface area contributed by atoms with Crippen molar-refractivity contribution in [3.63, 3.8) is 0 Å². The van der Waals surface area contributed by atoms with E-state index in [4.69, 9.17) is 0 Å². The van der Waals surface area contributed by atoms with Crippen molar-refractivity contribution in [3.05, 3.63) is 76.3 Å². The number of benzene rings is 3. The van der Waals surface area contributed by atoms with Gasteiger partial charge >= 0.3 is 11.9 Å². The van der Waals surface area contributed by atoms with Gasteiger partial charge < -0.3 is 10.2 Å². The van der Waals surface area contributed by atoms with Gasteiger partial charge in [-0.05, 0) is 64.1 Å². The Hall–Kier alpha value is -3.78. The zero-order valence-corrected chi connectivity index (χ0v) is 17.7. The Morgan fingerprint density at radius 1 is 0.969 bits per heavy atom. The van der Waals surface area contributed by atoms with E-state index < -0.39 is 28.9 Å². The molecular formula is C24H24N2O6. The van der Waals surface area contributed by atoms with E-state index in [0.29, 0.717) is 22.1 Å². The number of nitrogens with zero attached hydrogens (tertiary/aromatic N) is 1. The topological polar surface area (TPSA) is 130 Å². The molecule has 0 spiro atoms. The first-order chi connectivity index (χ1) is 15.2. The van der Waals surface area contributed by atoms with Gasteiger partial charge in [0.15, 0.2) is 0 Å². The van der Waals surface area contributed by atoms with Crippen molar-refractivity contribution in [1.82, 2.24) is 5.32 Å². The molecule has 0 aromatic heterocycles. The van der Waals surface area contributed by atoms with Crippen molar-refractivity contribution in [2.24, 2.45) is 5.92 Å². The number of carboxylic acid groups (broad SMARTS) is 2. The molecule has 0 aliphatic heterocycles. The smallest absolute Gasteiger partial charge is 0.325 e. The molecule has 3 rings (SSSR count). The molecular weight excluding hydrogens is 412 g/mol. The molecule has 3 N–H and O–H groups in total. The minimum atomic E-state index is -1.25. The second kappa shape index (κ2) is 9.57. The van der Waals surface area contributed by atoms with Crippen LogP contribution in [0.15, 0.2) is 60.7 Å². The van der Waals surface area contributed by atoms with Crippen LogP contribution < -0.4 is 5.32 Å². The van der Waals surface area contributed by atoms with Crippen molar-refractivity contribution < 1.29 is 24.7 Å². The summed E-state index contributed by atoms with van der Waals surface area (Å²) in [5.41, 5.74) is 1.75. The molecule has 0 aliphatic carbocycles. The summed E-state index contributed by atoms with van der Waals surface area (Å²) in [5, 5.41) is 34.8. The fraction of sp³-hybridized carbons (Fsp3) is 0.250. The van der Waals surface area contributed by atoms with Crippen molar-refractivity contribution in [3.8, 4) is 11.1 Å². The molecule has 0 radical (unpaired) electrons. The first-order valence-electron chi connectivity index (χ1n) is 10.2. The molecule has 0 fully saturated rings. The minimum absolute atomic E-state index is 0.0437. The predicted molar refractivity (Wildman–Crippen MR) is 120 cm³/mol. The molecule has 8 nitrogen and oxygen atoms in total. The van der Waals surface area contributed by atoms with Gasteiger partial charge in [-0.15, -0.1) is 0 Å². The highest BCUT2D eigenvalue weighted by molar-refractivity contribution is 5.94. The van der Waals surface area contributed by atoms with Crippen LogP contribution in [-0.2, 0) is 9.59 Å². The summed E-state index contributed by atoms with van der Waals surface area (Å²) in [5.74, 6) is -2.24. The van der Waals surface area contributed by atoms with Gasteiger partial charge in [0.1, 0.15) is 12.1 Å². The van der Waals surface area contributed by atoms with Gasteiger partial charge in [0.25, 0.3) is 5.69 Å². The SMILES string of the molecule is CC(C)CC(NC(C(=O)O)c1cc(-c2ccc([N+](=O)[O-])cc2)cc2ccccc12)C(=O)O. The molecule has 0 bridgehead atoms. The summed E-state index contributed by atoms with van der Waals surface area (Å²) in [7, 11) is 0. The van der Waals surface area contributed by atoms with E-state index in [1.807, 2.05) is 32.0 Å². The lowest BCUT2D eigenvalue weighted by molar-refractivity contribution is -0.384. The lowest BCUT2D eigenvalue weighted by atomic mass is 9.92. The number of aliphatic carboxylic acids is 2. The number of non-ortho nitro benzene ring substituents is 1. The quantitative estimate of drug-likeness (QED) is 0.329. The van der Waals surface area contributed by atoms with Crippen LogP contribution in [0, 0.1) is 16.0 Å². The predicted octanol–water partition coefficient (Wildman–Crippen LogP) is 4.63. The van der Waals surface area contributed by atoms with Crippen molar-refractivity contribution in [2.45, 2.75) is 32.4 Å². The number of carbonyl (C=O) groups is 2. The van der Waals surface area contributed by atoms with Crippen LogP contribution in [0.25, 0.3) is 21.9 Å². The van der Waals surface area contributed by atoms with Crippen molar-refractivity contribution in [2.75, 3.05) is 0 Å². The van der Waals surface area contributed by atoms with Crippen LogP contribution in [0.1, 0.15) is 31.9 Å². The van der Waals surface area contributed by atoms with Crippen LogP contribution >= 0.6 is 0 Å².